The third-order valence-corrected chi connectivity index (χ3v) is 3.60. The van der Waals surface area contributed by atoms with Gasteiger partial charge in [-0.15, -0.1) is 11.3 Å². The summed E-state index contributed by atoms with van der Waals surface area (Å²) >= 11 is 1.36. The Morgan fingerprint density at radius 3 is 2.90 bits per heavy atom. The predicted molar refractivity (Wildman–Crippen MR) is 73.4 cm³/mol. The van der Waals surface area contributed by atoms with Crippen LogP contribution in [0.1, 0.15) is 23.7 Å². The third-order valence-electron chi connectivity index (χ3n) is 2.50. The van der Waals surface area contributed by atoms with Crippen molar-refractivity contribution < 1.29 is 13.6 Å². The lowest BCUT2D eigenvalue weighted by atomic mass is 10.2. The number of carbonyl (C=O) groups excluding carboxylic acids is 1. The summed E-state index contributed by atoms with van der Waals surface area (Å²) in [4.78, 5) is 16.0. The highest BCUT2D eigenvalue weighted by Gasteiger charge is 2.12. The second kappa shape index (κ2) is 6.06. The van der Waals surface area contributed by atoms with Crippen LogP contribution in [0.5, 0.6) is 0 Å². The average molecular weight is 297 g/mol. The number of amides is 1. The minimum Gasteiger partial charge on any atom is -0.323 e. The van der Waals surface area contributed by atoms with Crippen LogP contribution in [0, 0.1) is 11.6 Å². The molecule has 0 saturated heterocycles. The molecule has 1 aromatic carbocycles. The van der Waals surface area contributed by atoms with Gasteiger partial charge in [0.2, 0.25) is 5.91 Å². The molecule has 2 aromatic rings. The predicted octanol–water partition coefficient (Wildman–Crippen LogP) is 2.62. The van der Waals surface area contributed by atoms with Crippen molar-refractivity contribution in [3.05, 3.63) is 45.9 Å². The maximum atomic E-state index is 13.4. The van der Waals surface area contributed by atoms with Crippen molar-refractivity contribution in [3.63, 3.8) is 0 Å². The molecular formula is C13H13F2N3OS. The van der Waals surface area contributed by atoms with Crippen molar-refractivity contribution in [1.82, 2.24) is 4.98 Å². The minimum absolute atomic E-state index is 0.0147. The monoisotopic (exact) mass is 297 g/mol. The summed E-state index contributed by atoms with van der Waals surface area (Å²) in [6.45, 7) is 1.80. The normalized spacial score (nSPS) is 12.2. The summed E-state index contributed by atoms with van der Waals surface area (Å²) in [7, 11) is 0. The van der Waals surface area contributed by atoms with Crippen molar-refractivity contribution in [2.45, 2.75) is 19.4 Å². The Labute approximate surface area is 118 Å². The lowest BCUT2D eigenvalue weighted by molar-refractivity contribution is -0.115. The first-order valence-electron chi connectivity index (χ1n) is 5.90. The van der Waals surface area contributed by atoms with E-state index in [0.717, 1.165) is 23.2 Å². The molecule has 0 aliphatic rings. The fourth-order valence-electron chi connectivity index (χ4n) is 1.57. The summed E-state index contributed by atoms with van der Waals surface area (Å²) in [5.74, 6) is -1.76. The summed E-state index contributed by atoms with van der Waals surface area (Å²) in [5, 5.41) is 4.77. The molecule has 20 heavy (non-hydrogen) atoms. The SMILES string of the molecule is CC(N)c1nc(CC(=O)Nc2cc(F)ccc2F)cs1. The minimum atomic E-state index is -0.686. The molecule has 0 saturated carbocycles. The van der Waals surface area contributed by atoms with Gasteiger partial charge >= 0.3 is 0 Å². The molecule has 0 radical (unpaired) electrons. The zero-order valence-electron chi connectivity index (χ0n) is 10.7. The van der Waals surface area contributed by atoms with Gasteiger partial charge in [0.1, 0.15) is 16.6 Å². The molecule has 1 aromatic heterocycles. The molecule has 106 valence electrons. The second-order valence-electron chi connectivity index (χ2n) is 4.31. The van der Waals surface area contributed by atoms with Crippen LogP contribution < -0.4 is 11.1 Å². The quantitative estimate of drug-likeness (QED) is 0.911. The molecule has 1 atom stereocenters. The maximum absolute atomic E-state index is 13.4. The summed E-state index contributed by atoms with van der Waals surface area (Å²) < 4.78 is 26.3. The molecule has 2 rings (SSSR count). The van der Waals surface area contributed by atoms with Crippen LogP contribution in [-0.4, -0.2) is 10.9 Å². The number of aromatic nitrogens is 1. The number of hydrogen-bond acceptors (Lipinski definition) is 4. The molecule has 0 fully saturated rings. The number of halogens is 2. The molecule has 3 N–H and O–H groups in total. The average Bonchev–Trinajstić information content (AvgIpc) is 2.82. The molecule has 1 unspecified atom stereocenters. The number of nitrogens with zero attached hydrogens (tertiary/aromatic N) is 1. The van der Waals surface area contributed by atoms with Gasteiger partial charge < -0.3 is 11.1 Å². The number of nitrogens with two attached hydrogens (primary N) is 1. The van der Waals surface area contributed by atoms with Gasteiger partial charge in [-0.1, -0.05) is 0 Å². The van der Waals surface area contributed by atoms with Crippen LogP contribution in [0.15, 0.2) is 23.6 Å². The highest BCUT2D eigenvalue weighted by Crippen LogP contribution is 2.18. The number of rotatable bonds is 4. The van der Waals surface area contributed by atoms with Gasteiger partial charge in [-0.2, -0.15) is 0 Å². The van der Waals surface area contributed by atoms with E-state index in [4.69, 9.17) is 5.73 Å². The highest BCUT2D eigenvalue weighted by atomic mass is 32.1. The Bertz CT molecular complexity index is 628. The molecular weight excluding hydrogens is 284 g/mol. The molecule has 0 spiro atoms. The number of benzene rings is 1. The Hall–Kier alpha value is -1.86. The molecule has 1 heterocycles. The van der Waals surface area contributed by atoms with E-state index in [-0.39, 0.29) is 18.2 Å². The van der Waals surface area contributed by atoms with Gasteiger partial charge in [0, 0.05) is 11.4 Å². The van der Waals surface area contributed by atoms with Gasteiger partial charge in [0.05, 0.1) is 23.8 Å². The summed E-state index contributed by atoms with van der Waals surface area (Å²) in [6, 6.07) is 2.68. The van der Waals surface area contributed by atoms with Crippen molar-refractivity contribution in [2.75, 3.05) is 5.32 Å². The van der Waals surface area contributed by atoms with Gasteiger partial charge in [-0.3, -0.25) is 4.79 Å². The number of anilines is 1. The van der Waals surface area contributed by atoms with E-state index in [9.17, 15) is 13.6 Å². The van der Waals surface area contributed by atoms with Crippen LogP contribution in [0.4, 0.5) is 14.5 Å². The van der Waals surface area contributed by atoms with E-state index in [2.05, 4.69) is 10.3 Å². The van der Waals surface area contributed by atoms with E-state index in [1.54, 1.807) is 12.3 Å². The van der Waals surface area contributed by atoms with E-state index in [1.165, 1.54) is 11.3 Å². The Kier molecular flexibility index (Phi) is 4.41. The third kappa shape index (κ3) is 3.58. The molecule has 0 aliphatic heterocycles. The Morgan fingerprint density at radius 2 is 2.25 bits per heavy atom. The lowest BCUT2D eigenvalue weighted by Crippen LogP contribution is -2.16. The van der Waals surface area contributed by atoms with Crippen LogP contribution in [0.3, 0.4) is 0 Å². The summed E-state index contributed by atoms with van der Waals surface area (Å²) in [6.07, 6.45) is -0.0147. The first-order chi connectivity index (χ1) is 9.45. The van der Waals surface area contributed by atoms with Crippen molar-refractivity contribution in [3.8, 4) is 0 Å². The van der Waals surface area contributed by atoms with Gasteiger partial charge in [-0.25, -0.2) is 13.8 Å². The fourth-order valence-corrected chi connectivity index (χ4v) is 2.34. The molecule has 0 bridgehead atoms. The van der Waals surface area contributed by atoms with Crippen LogP contribution in [0.2, 0.25) is 0 Å². The standard InChI is InChI=1S/C13H13F2N3OS/c1-7(16)13-17-9(6-20-13)5-12(19)18-11-4-8(14)2-3-10(11)15/h2-4,6-7H,5,16H2,1H3,(H,18,19). The van der Waals surface area contributed by atoms with Crippen molar-refractivity contribution >= 4 is 22.9 Å². The number of carbonyl (C=O) groups is 1. The molecule has 4 nitrogen and oxygen atoms in total. The number of thiazole rings is 1. The first-order valence-corrected chi connectivity index (χ1v) is 6.78. The first kappa shape index (κ1) is 14.5. The van der Waals surface area contributed by atoms with E-state index in [0.29, 0.717) is 5.69 Å². The zero-order chi connectivity index (χ0) is 14.7. The zero-order valence-corrected chi connectivity index (χ0v) is 11.5. The lowest BCUT2D eigenvalue weighted by Gasteiger charge is -2.05. The largest absolute Gasteiger partial charge is 0.323 e. The van der Waals surface area contributed by atoms with Crippen LogP contribution in [0.25, 0.3) is 0 Å². The van der Waals surface area contributed by atoms with E-state index < -0.39 is 17.5 Å². The summed E-state index contributed by atoms with van der Waals surface area (Å²) in [5.41, 5.74) is 6.04. The maximum Gasteiger partial charge on any atom is 0.230 e. The number of hydrogen-bond donors (Lipinski definition) is 2. The fraction of sp³-hybridized carbons (Fsp3) is 0.231. The molecule has 0 aliphatic carbocycles. The van der Waals surface area contributed by atoms with E-state index >= 15 is 0 Å². The smallest absolute Gasteiger partial charge is 0.230 e. The topological polar surface area (TPSA) is 68.0 Å². The van der Waals surface area contributed by atoms with E-state index in [1.807, 2.05) is 0 Å². The van der Waals surface area contributed by atoms with Gasteiger partial charge in [0.25, 0.3) is 0 Å². The van der Waals surface area contributed by atoms with Crippen LogP contribution >= 0.6 is 11.3 Å². The van der Waals surface area contributed by atoms with Crippen LogP contribution in [-0.2, 0) is 11.2 Å². The Morgan fingerprint density at radius 1 is 1.50 bits per heavy atom. The molecule has 1 amide bonds. The number of nitrogens with one attached hydrogen (secondary N) is 1. The second-order valence-corrected chi connectivity index (χ2v) is 5.20. The Balaban J connectivity index is 2.03. The molecule has 7 heteroatoms. The van der Waals surface area contributed by atoms with Crippen molar-refractivity contribution in [2.24, 2.45) is 5.73 Å². The highest BCUT2D eigenvalue weighted by molar-refractivity contribution is 7.09. The van der Waals surface area contributed by atoms with Gasteiger partial charge in [-0.05, 0) is 19.1 Å². The van der Waals surface area contributed by atoms with Crippen molar-refractivity contribution in [1.29, 1.82) is 0 Å². The van der Waals surface area contributed by atoms with Gasteiger partial charge in [0.15, 0.2) is 0 Å².